The number of Topliss-reactive ketones (excluding diaryl/α,β-unsaturated/α-hetero) is 1. The van der Waals surface area contributed by atoms with E-state index in [1.807, 2.05) is 35.9 Å². The zero-order chi connectivity index (χ0) is 12.1. The molecule has 0 amide bonds. The molecule has 0 saturated heterocycles. The molecular formula is C14H17ClN2O. The summed E-state index contributed by atoms with van der Waals surface area (Å²) in [7, 11) is 0. The van der Waals surface area contributed by atoms with E-state index in [4.69, 9.17) is 0 Å². The molecular weight excluding hydrogens is 248 g/mol. The lowest BCUT2D eigenvalue weighted by Crippen LogP contribution is -2.11. The maximum absolute atomic E-state index is 11.8. The molecule has 2 rings (SSSR count). The van der Waals surface area contributed by atoms with E-state index >= 15 is 0 Å². The largest absolute Gasteiger partial charge is 0.328 e. The van der Waals surface area contributed by atoms with Crippen LogP contribution < -0.4 is 0 Å². The zero-order valence-electron chi connectivity index (χ0n) is 10.4. The van der Waals surface area contributed by atoms with Gasteiger partial charge in [-0.2, -0.15) is 0 Å². The van der Waals surface area contributed by atoms with Crippen molar-refractivity contribution >= 4 is 18.2 Å². The Morgan fingerprint density at radius 1 is 1.28 bits per heavy atom. The minimum atomic E-state index is 0. The van der Waals surface area contributed by atoms with E-state index in [0.717, 1.165) is 12.2 Å². The smallest absolute Gasteiger partial charge is 0.152 e. The van der Waals surface area contributed by atoms with Crippen molar-refractivity contribution < 1.29 is 4.79 Å². The third kappa shape index (κ3) is 4.00. The third-order valence-corrected chi connectivity index (χ3v) is 2.81. The third-order valence-electron chi connectivity index (χ3n) is 2.81. The van der Waals surface area contributed by atoms with Crippen LogP contribution >= 0.6 is 12.4 Å². The molecule has 0 saturated carbocycles. The summed E-state index contributed by atoms with van der Waals surface area (Å²) in [5.41, 5.74) is 1.21. The molecule has 0 radical (unpaired) electrons. The van der Waals surface area contributed by atoms with E-state index in [-0.39, 0.29) is 18.2 Å². The van der Waals surface area contributed by atoms with Crippen LogP contribution in [0.25, 0.3) is 0 Å². The van der Waals surface area contributed by atoms with E-state index in [9.17, 15) is 4.79 Å². The molecule has 1 aromatic heterocycles. The molecule has 0 fully saturated rings. The van der Waals surface area contributed by atoms with Crippen molar-refractivity contribution in [2.24, 2.45) is 0 Å². The fourth-order valence-corrected chi connectivity index (χ4v) is 1.77. The van der Waals surface area contributed by atoms with Gasteiger partial charge in [0.25, 0.3) is 0 Å². The number of carbonyl (C=O) groups excluding carboxylic acids is 1. The van der Waals surface area contributed by atoms with Crippen LogP contribution in [-0.2, 0) is 17.8 Å². The second kappa shape index (κ2) is 6.97. The second-order valence-corrected chi connectivity index (χ2v) is 4.13. The Balaban J connectivity index is 0.00000162. The summed E-state index contributed by atoms with van der Waals surface area (Å²) in [5, 5.41) is 0. The molecule has 0 bridgehead atoms. The molecule has 0 unspecified atom stereocenters. The van der Waals surface area contributed by atoms with Gasteiger partial charge in [-0.1, -0.05) is 30.3 Å². The molecule has 0 aliphatic heterocycles. The van der Waals surface area contributed by atoms with Gasteiger partial charge in [0, 0.05) is 18.8 Å². The lowest BCUT2D eigenvalue weighted by atomic mass is 10.1. The van der Waals surface area contributed by atoms with Gasteiger partial charge in [-0.15, -0.1) is 12.4 Å². The van der Waals surface area contributed by atoms with Crippen LogP contribution in [0.4, 0.5) is 0 Å². The molecule has 1 aromatic carbocycles. The first-order valence-electron chi connectivity index (χ1n) is 5.79. The number of imidazole rings is 1. The Morgan fingerprint density at radius 2 is 2.00 bits per heavy atom. The monoisotopic (exact) mass is 264 g/mol. The summed E-state index contributed by atoms with van der Waals surface area (Å²) in [6.07, 6.45) is 4.96. The van der Waals surface area contributed by atoms with E-state index in [0.29, 0.717) is 13.0 Å². The molecule has 0 aliphatic carbocycles. The first-order chi connectivity index (χ1) is 8.25. The molecule has 3 nitrogen and oxygen atoms in total. The molecule has 0 aliphatic rings. The van der Waals surface area contributed by atoms with Crippen LogP contribution in [0.5, 0.6) is 0 Å². The fourth-order valence-electron chi connectivity index (χ4n) is 1.77. The molecule has 96 valence electrons. The molecule has 2 aromatic rings. The average molecular weight is 265 g/mol. The predicted molar refractivity (Wildman–Crippen MR) is 74.0 cm³/mol. The molecule has 0 atom stereocenters. The van der Waals surface area contributed by atoms with Crippen LogP contribution in [0.3, 0.4) is 0 Å². The van der Waals surface area contributed by atoms with Crippen molar-refractivity contribution in [3.8, 4) is 0 Å². The number of nitrogens with zero attached hydrogens (tertiary/aromatic N) is 2. The van der Waals surface area contributed by atoms with E-state index in [1.54, 1.807) is 6.20 Å². The highest BCUT2D eigenvalue weighted by Gasteiger charge is 2.05. The lowest BCUT2D eigenvalue weighted by molar-refractivity contribution is -0.119. The number of benzene rings is 1. The predicted octanol–water partition coefficient (Wildman–Crippen LogP) is 2.82. The molecule has 0 spiro atoms. The Kier molecular flexibility index (Phi) is 5.59. The second-order valence-electron chi connectivity index (χ2n) is 4.13. The summed E-state index contributed by atoms with van der Waals surface area (Å²) in [6, 6.07) is 10.1. The number of ketones is 1. The van der Waals surface area contributed by atoms with Gasteiger partial charge >= 0.3 is 0 Å². The van der Waals surface area contributed by atoms with Crippen LogP contribution in [0, 0.1) is 6.92 Å². The fraction of sp³-hybridized carbons (Fsp3) is 0.286. The Labute approximate surface area is 113 Å². The number of hydrogen-bond donors (Lipinski definition) is 0. The van der Waals surface area contributed by atoms with E-state index < -0.39 is 0 Å². The molecule has 0 N–H and O–H groups in total. The van der Waals surface area contributed by atoms with Crippen LogP contribution in [0.15, 0.2) is 42.7 Å². The normalized spacial score (nSPS) is 9.83. The van der Waals surface area contributed by atoms with Gasteiger partial charge in [0.15, 0.2) is 5.78 Å². The van der Waals surface area contributed by atoms with Crippen molar-refractivity contribution in [1.29, 1.82) is 0 Å². The van der Waals surface area contributed by atoms with E-state index in [2.05, 4.69) is 17.1 Å². The van der Waals surface area contributed by atoms with Gasteiger partial charge in [0.2, 0.25) is 0 Å². The van der Waals surface area contributed by atoms with Gasteiger partial charge < -0.3 is 4.57 Å². The summed E-state index contributed by atoms with van der Waals surface area (Å²) in [5.74, 6) is 1.13. The van der Waals surface area contributed by atoms with E-state index in [1.165, 1.54) is 5.56 Å². The Bertz CT molecular complexity index is 494. The lowest BCUT2D eigenvalue weighted by Gasteiger charge is -2.04. The molecule has 1 heterocycles. The minimum absolute atomic E-state index is 0. The standard InChI is InChI=1S/C14H16N2O.ClH/c1-12-15-9-10-16(12)11-14(17)8-7-13-5-3-2-4-6-13;/h2-6,9-10H,7-8,11H2,1H3;1H. The Hall–Kier alpha value is -1.61. The van der Waals surface area contributed by atoms with Crippen molar-refractivity contribution in [3.05, 3.63) is 54.1 Å². The average Bonchev–Trinajstić information content (AvgIpc) is 2.74. The highest BCUT2D eigenvalue weighted by Crippen LogP contribution is 2.04. The number of carbonyl (C=O) groups is 1. The first-order valence-corrected chi connectivity index (χ1v) is 5.79. The number of aromatic nitrogens is 2. The van der Waals surface area contributed by atoms with Crippen molar-refractivity contribution in [2.45, 2.75) is 26.3 Å². The van der Waals surface area contributed by atoms with Crippen LogP contribution in [0.1, 0.15) is 17.8 Å². The SMILES string of the molecule is Cc1nccn1CC(=O)CCc1ccccc1.Cl. The van der Waals surface area contributed by atoms with Gasteiger partial charge in [-0.25, -0.2) is 4.98 Å². The zero-order valence-corrected chi connectivity index (χ0v) is 11.2. The summed E-state index contributed by atoms with van der Waals surface area (Å²) in [6.45, 7) is 2.34. The van der Waals surface area contributed by atoms with Gasteiger partial charge in [-0.3, -0.25) is 4.79 Å². The molecule has 4 heteroatoms. The summed E-state index contributed by atoms with van der Waals surface area (Å²) < 4.78 is 1.88. The molecule has 18 heavy (non-hydrogen) atoms. The Morgan fingerprint density at radius 3 is 2.61 bits per heavy atom. The quantitative estimate of drug-likeness (QED) is 0.832. The highest BCUT2D eigenvalue weighted by molar-refractivity contribution is 5.85. The summed E-state index contributed by atoms with van der Waals surface area (Å²) >= 11 is 0. The van der Waals surface area contributed by atoms with Gasteiger partial charge in [0.05, 0.1) is 6.54 Å². The number of halogens is 1. The highest BCUT2D eigenvalue weighted by atomic mass is 35.5. The van der Waals surface area contributed by atoms with Crippen molar-refractivity contribution in [2.75, 3.05) is 0 Å². The van der Waals surface area contributed by atoms with Crippen LogP contribution in [0.2, 0.25) is 0 Å². The van der Waals surface area contributed by atoms with Crippen molar-refractivity contribution in [1.82, 2.24) is 9.55 Å². The maximum Gasteiger partial charge on any atom is 0.152 e. The minimum Gasteiger partial charge on any atom is -0.328 e. The number of aryl methyl sites for hydroxylation is 2. The van der Waals surface area contributed by atoms with Gasteiger partial charge in [0.1, 0.15) is 5.82 Å². The number of hydrogen-bond acceptors (Lipinski definition) is 2. The van der Waals surface area contributed by atoms with Crippen molar-refractivity contribution in [3.63, 3.8) is 0 Å². The van der Waals surface area contributed by atoms with Gasteiger partial charge in [-0.05, 0) is 18.9 Å². The first kappa shape index (κ1) is 14.5. The van der Waals surface area contributed by atoms with Crippen LogP contribution in [-0.4, -0.2) is 15.3 Å². The summed E-state index contributed by atoms with van der Waals surface area (Å²) in [4.78, 5) is 15.9. The topological polar surface area (TPSA) is 34.9 Å². The maximum atomic E-state index is 11.8. The number of rotatable bonds is 5.